The van der Waals surface area contributed by atoms with Crippen LogP contribution in [0.4, 0.5) is 38.3 Å². The molecule has 2 atom stereocenters. The fourth-order valence-corrected chi connectivity index (χ4v) is 7.31. The van der Waals surface area contributed by atoms with Crippen LogP contribution in [0.1, 0.15) is 46.3 Å². The van der Waals surface area contributed by atoms with Gasteiger partial charge in [-0.1, -0.05) is 83.3 Å². The van der Waals surface area contributed by atoms with E-state index in [1.165, 1.54) is 16.2 Å². The number of aromatic nitrogens is 6. The van der Waals surface area contributed by atoms with Crippen molar-refractivity contribution in [1.29, 1.82) is 0 Å². The second-order valence-electron chi connectivity index (χ2n) is 15.6. The lowest BCUT2D eigenvalue weighted by molar-refractivity contribution is -0.125. The normalized spacial score (nSPS) is 11.8. The molecule has 0 aliphatic rings. The molecule has 0 fully saturated rings. The van der Waals surface area contributed by atoms with E-state index >= 15 is 0 Å². The Hall–Kier alpha value is -6.77. The Balaban J connectivity index is 0.000000250. The maximum absolute atomic E-state index is 12.5. The number of hydrogen-bond donors (Lipinski definition) is 7. The van der Waals surface area contributed by atoms with Gasteiger partial charge < -0.3 is 42.0 Å². The molecule has 4 heterocycles. The zero-order valence-electron chi connectivity index (χ0n) is 38.1. The van der Waals surface area contributed by atoms with Crippen LogP contribution in [-0.4, -0.2) is 111 Å². The van der Waals surface area contributed by atoms with E-state index in [1.807, 2.05) is 87.8 Å². The summed E-state index contributed by atoms with van der Waals surface area (Å²) in [5.41, 5.74) is 1.62. The lowest BCUT2D eigenvalue weighted by Gasteiger charge is -2.28. The second-order valence-corrected chi connectivity index (χ2v) is 17.7. The summed E-state index contributed by atoms with van der Waals surface area (Å²) < 4.78 is 5.31. The van der Waals surface area contributed by atoms with Gasteiger partial charge in [0.1, 0.15) is 46.6 Å². The minimum Gasteiger partial charge on any atom is -0.444 e. The Morgan fingerprint density at radius 1 is 0.662 bits per heavy atom. The first-order valence-electron chi connectivity index (χ1n) is 21.0. The monoisotopic (exact) mass is 922 g/mol. The summed E-state index contributed by atoms with van der Waals surface area (Å²) in [5, 5.41) is 23.0. The number of benzene rings is 2. The van der Waals surface area contributed by atoms with Gasteiger partial charge in [-0.3, -0.25) is 14.5 Å². The van der Waals surface area contributed by atoms with E-state index in [2.05, 4.69) is 79.3 Å². The fraction of sp³-hybridized carbons (Fsp3) is 0.356. The predicted molar refractivity (Wildman–Crippen MR) is 260 cm³/mol. The highest BCUT2D eigenvalue weighted by Gasteiger charge is 2.26. The van der Waals surface area contributed by atoms with E-state index in [0.29, 0.717) is 61.1 Å². The van der Waals surface area contributed by atoms with Crippen molar-refractivity contribution in [3.8, 4) is 20.9 Å². The molecule has 2 aromatic carbocycles. The van der Waals surface area contributed by atoms with Gasteiger partial charge in [0.15, 0.2) is 10.3 Å². The predicted octanol–water partition coefficient (Wildman–Crippen LogP) is 7.22. The minimum atomic E-state index is -0.670. The Bertz CT molecular complexity index is 2460. The number of hydrogen-bond acceptors (Lipinski definition) is 17. The van der Waals surface area contributed by atoms with Crippen molar-refractivity contribution in [2.24, 2.45) is 0 Å². The summed E-state index contributed by atoms with van der Waals surface area (Å²) >= 11 is 3.11. The number of likely N-dealkylation sites (N-methyl/N-ethyl adjacent to an activating group) is 2. The molecule has 0 aliphatic carbocycles. The molecule has 20 heteroatoms. The molecule has 6 rings (SSSR count). The van der Waals surface area contributed by atoms with Crippen LogP contribution in [0.25, 0.3) is 20.9 Å². The van der Waals surface area contributed by atoms with Gasteiger partial charge >= 0.3 is 6.09 Å². The zero-order valence-corrected chi connectivity index (χ0v) is 39.8. The number of carbonyl (C=O) groups is 3. The molecule has 0 spiro atoms. The summed E-state index contributed by atoms with van der Waals surface area (Å²) in [6, 6.07) is 22.9. The van der Waals surface area contributed by atoms with Gasteiger partial charge in [-0.05, 0) is 66.6 Å². The Kier molecular flexibility index (Phi) is 18.0. The van der Waals surface area contributed by atoms with Gasteiger partial charge in [0.25, 0.3) is 0 Å². The number of carbonyl (C=O) groups excluding carboxylic acids is 3. The third-order valence-electron chi connectivity index (χ3n) is 9.20. The average Bonchev–Trinajstić information content (AvgIpc) is 3.95. The van der Waals surface area contributed by atoms with Gasteiger partial charge in [0.05, 0.1) is 15.8 Å². The summed E-state index contributed by atoms with van der Waals surface area (Å²) in [7, 11) is 3.30. The van der Waals surface area contributed by atoms with Crippen molar-refractivity contribution in [3.05, 3.63) is 96.8 Å². The smallest absolute Gasteiger partial charge is 0.410 e. The maximum Gasteiger partial charge on any atom is 0.410 e. The first-order valence-corrected chi connectivity index (χ1v) is 22.6. The molecule has 0 unspecified atom stereocenters. The first-order chi connectivity index (χ1) is 31.1. The van der Waals surface area contributed by atoms with Crippen molar-refractivity contribution < 1.29 is 19.1 Å². The van der Waals surface area contributed by atoms with Gasteiger partial charge in [0, 0.05) is 57.8 Å². The van der Waals surface area contributed by atoms with Crippen molar-refractivity contribution in [2.75, 3.05) is 61.5 Å². The Labute approximate surface area is 387 Å². The summed E-state index contributed by atoms with van der Waals surface area (Å²) in [6.07, 6.45) is 3.14. The fourth-order valence-electron chi connectivity index (χ4n) is 5.65. The highest BCUT2D eigenvalue weighted by molar-refractivity contribution is 7.19. The highest BCUT2D eigenvalue weighted by Crippen LogP contribution is 2.31. The standard InChI is InChI=1S/C25H33N7O3S.C20H25N7OS/c1-16(32(6)24(34)35-25(3,4)5)22(33)27-13-12-26-20-14-21(30-17(2)29-20)31-23-28-15-19(36-23)18-10-8-7-9-11-18;1-13(21-3)19(28)23-10-9-22-17-11-18(26-14(2)25-17)27-20-24-12-16(29-20)15-7-5-4-6-8-15/h7-11,14-16H,12-13H2,1-6H3,(H,27,33)(H2,26,28,29,30,31);4-8,11-13,21H,9-10H2,1-3H3,(H,23,28)(H2,22,24,25,26,27)/t16-;13-/m00/s1. The number of rotatable bonds is 18. The number of nitrogens with one attached hydrogen (secondary N) is 7. The third kappa shape index (κ3) is 16.1. The summed E-state index contributed by atoms with van der Waals surface area (Å²) in [5.74, 6) is 3.54. The molecule has 3 amide bonds. The van der Waals surface area contributed by atoms with Gasteiger partial charge in [-0.15, -0.1) is 0 Å². The molecule has 0 aliphatic heterocycles. The molecule has 0 radical (unpaired) electrons. The molecule has 65 heavy (non-hydrogen) atoms. The van der Waals surface area contributed by atoms with Crippen molar-refractivity contribution >= 4 is 74.1 Å². The van der Waals surface area contributed by atoms with Crippen LogP contribution < -0.4 is 37.2 Å². The number of aryl methyl sites for hydroxylation is 2. The number of thiazole rings is 2. The molecule has 6 aromatic rings. The van der Waals surface area contributed by atoms with Crippen molar-refractivity contribution in [1.82, 2.24) is 50.8 Å². The highest BCUT2D eigenvalue weighted by atomic mass is 32.1. The van der Waals surface area contributed by atoms with E-state index in [4.69, 9.17) is 4.74 Å². The molecule has 344 valence electrons. The van der Waals surface area contributed by atoms with Gasteiger partial charge in [-0.25, -0.2) is 34.7 Å². The molecule has 0 bridgehead atoms. The lowest BCUT2D eigenvalue weighted by atomic mass is 10.2. The van der Waals surface area contributed by atoms with Crippen LogP contribution in [0, 0.1) is 13.8 Å². The number of anilines is 6. The van der Waals surface area contributed by atoms with E-state index < -0.39 is 17.7 Å². The average molecular weight is 923 g/mol. The van der Waals surface area contributed by atoms with Crippen LogP contribution in [0.2, 0.25) is 0 Å². The van der Waals surface area contributed by atoms with Crippen LogP contribution >= 0.6 is 22.7 Å². The van der Waals surface area contributed by atoms with Crippen LogP contribution in [0.5, 0.6) is 0 Å². The van der Waals surface area contributed by atoms with Crippen LogP contribution in [-0.2, 0) is 14.3 Å². The molecule has 0 saturated carbocycles. The quantitative estimate of drug-likeness (QED) is 0.0423. The molecule has 7 N–H and O–H groups in total. The topological polar surface area (TPSA) is 225 Å². The first kappa shape index (κ1) is 49.2. The largest absolute Gasteiger partial charge is 0.444 e. The Morgan fingerprint density at radius 3 is 1.52 bits per heavy atom. The Morgan fingerprint density at radius 2 is 1.09 bits per heavy atom. The third-order valence-corrected chi connectivity index (χ3v) is 11.1. The molecule has 4 aromatic heterocycles. The number of amides is 3. The molecular weight excluding hydrogens is 865 g/mol. The molecule has 0 saturated heterocycles. The molecular formula is C45H58N14O4S2. The lowest BCUT2D eigenvalue weighted by Crippen LogP contribution is -2.48. The molecule has 18 nitrogen and oxygen atoms in total. The van der Waals surface area contributed by atoms with Gasteiger partial charge in [-0.2, -0.15) is 0 Å². The second kappa shape index (κ2) is 23.8. The maximum atomic E-state index is 12.5. The zero-order chi connectivity index (χ0) is 46.9. The SMILES string of the molecule is CN[C@@H](C)C(=O)NCCNc1cc(Nc2ncc(-c3ccccc3)s2)nc(C)n1.Cc1nc(NCCNC(=O)[C@H](C)N(C)C(=O)OC(C)(C)C)cc(Nc2ncc(-c3ccccc3)s2)n1. The van der Waals surface area contributed by atoms with Crippen molar-refractivity contribution in [2.45, 2.75) is 66.2 Å². The van der Waals surface area contributed by atoms with Crippen molar-refractivity contribution in [3.63, 3.8) is 0 Å². The summed E-state index contributed by atoms with van der Waals surface area (Å²) in [6.45, 7) is 14.3. The minimum absolute atomic E-state index is 0.0338. The number of ether oxygens (including phenoxy) is 1. The van der Waals surface area contributed by atoms with E-state index in [9.17, 15) is 14.4 Å². The number of nitrogens with zero attached hydrogens (tertiary/aromatic N) is 7. The van der Waals surface area contributed by atoms with E-state index in [0.717, 1.165) is 31.1 Å². The summed E-state index contributed by atoms with van der Waals surface area (Å²) in [4.78, 5) is 66.4. The van der Waals surface area contributed by atoms with E-state index in [1.54, 1.807) is 59.2 Å². The van der Waals surface area contributed by atoms with Gasteiger partial charge in [0.2, 0.25) is 11.8 Å². The van der Waals surface area contributed by atoms with Crippen LogP contribution in [0.3, 0.4) is 0 Å². The van der Waals surface area contributed by atoms with Crippen LogP contribution in [0.15, 0.2) is 85.2 Å². The van der Waals surface area contributed by atoms with E-state index in [-0.39, 0.29) is 17.9 Å².